The first kappa shape index (κ1) is 8.38. The summed E-state index contributed by atoms with van der Waals surface area (Å²) in [6.45, 7) is 2.04. The van der Waals surface area contributed by atoms with Crippen LogP contribution in [0.25, 0.3) is 10.1 Å². The number of phenols is 1. The highest BCUT2D eigenvalue weighted by Gasteiger charge is 2.08. The van der Waals surface area contributed by atoms with Crippen molar-refractivity contribution in [2.24, 2.45) is 0 Å². The summed E-state index contributed by atoms with van der Waals surface area (Å²) in [4.78, 5) is 1.22. The summed E-state index contributed by atoms with van der Waals surface area (Å²) >= 11 is 1.63. The fourth-order valence-electron chi connectivity index (χ4n) is 1.39. The van der Waals surface area contributed by atoms with E-state index in [0.29, 0.717) is 5.75 Å². The van der Waals surface area contributed by atoms with Crippen LogP contribution in [0.4, 0.5) is 0 Å². The molecule has 1 aromatic carbocycles. The lowest BCUT2D eigenvalue weighted by Gasteiger charge is -2.02. The lowest BCUT2D eigenvalue weighted by molar-refractivity contribution is 0.378. The molecule has 0 aliphatic rings. The van der Waals surface area contributed by atoms with Crippen molar-refractivity contribution < 1.29 is 9.84 Å². The molecule has 1 aromatic heterocycles. The van der Waals surface area contributed by atoms with E-state index < -0.39 is 0 Å². The second-order valence-electron chi connectivity index (χ2n) is 2.89. The fraction of sp³-hybridized carbons (Fsp3) is 0.200. The molecule has 0 aliphatic carbocycles. The maximum atomic E-state index is 9.50. The molecule has 2 aromatic rings. The monoisotopic (exact) mass is 194 g/mol. The van der Waals surface area contributed by atoms with Crippen molar-refractivity contribution in [3.05, 3.63) is 23.1 Å². The second kappa shape index (κ2) is 2.92. The molecule has 0 unspecified atom stereocenters. The van der Waals surface area contributed by atoms with E-state index in [2.05, 4.69) is 6.07 Å². The van der Waals surface area contributed by atoms with Crippen molar-refractivity contribution in [2.75, 3.05) is 7.11 Å². The molecule has 2 nitrogen and oxygen atoms in total. The Labute approximate surface area is 80.4 Å². The van der Waals surface area contributed by atoms with Gasteiger partial charge in [-0.25, -0.2) is 0 Å². The Hall–Kier alpha value is -1.22. The number of aryl methyl sites for hydroxylation is 1. The number of ether oxygens (including phenoxy) is 1. The minimum Gasteiger partial charge on any atom is -0.504 e. The molecule has 3 heteroatoms. The third-order valence-electron chi connectivity index (χ3n) is 1.95. The van der Waals surface area contributed by atoms with Crippen molar-refractivity contribution in [3.8, 4) is 11.5 Å². The van der Waals surface area contributed by atoms with Gasteiger partial charge in [0.1, 0.15) is 0 Å². The molecule has 13 heavy (non-hydrogen) atoms. The van der Waals surface area contributed by atoms with Crippen LogP contribution in [0.5, 0.6) is 11.5 Å². The highest BCUT2D eigenvalue weighted by atomic mass is 32.1. The Bertz CT molecular complexity index is 445. The zero-order chi connectivity index (χ0) is 9.42. The third kappa shape index (κ3) is 1.25. The van der Waals surface area contributed by atoms with Crippen LogP contribution in [0.15, 0.2) is 18.2 Å². The summed E-state index contributed by atoms with van der Waals surface area (Å²) in [5, 5.41) is 10.6. The summed E-state index contributed by atoms with van der Waals surface area (Å²) in [5.74, 6) is 0.785. The smallest absolute Gasteiger partial charge is 0.178 e. The molecule has 68 valence electrons. The molecule has 0 saturated carbocycles. The average molecular weight is 194 g/mol. The predicted molar refractivity (Wildman–Crippen MR) is 54.8 cm³/mol. The largest absolute Gasteiger partial charge is 0.504 e. The molecule has 1 N–H and O–H groups in total. The molecule has 0 amide bonds. The fourth-order valence-corrected chi connectivity index (χ4v) is 2.43. The van der Waals surface area contributed by atoms with Gasteiger partial charge in [0.25, 0.3) is 0 Å². The topological polar surface area (TPSA) is 29.5 Å². The molecule has 0 fully saturated rings. The Kier molecular flexibility index (Phi) is 1.88. The van der Waals surface area contributed by atoms with Gasteiger partial charge in [0.2, 0.25) is 0 Å². The lowest BCUT2D eigenvalue weighted by Crippen LogP contribution is -1.82. The van der Waals surface area contributed by atoms with Crippen LogP contribution >= 0.6 is 11.3 Å². The Balaban J connectivity index is 2.82. The second-order valence-corrected chi connectivity index (χ2v) is 4.15. The molecule has 0 atom stereocenters. The van der Waals surface area contributed by atoms with Crippen LogP contribution in [-0.2, 0) is 0 Å². The quantitative estimate of drug-likeness (QED) is 0.756. The standard InChI is InChI=1S/C10H10O2S/c1-6-5-7-3-4-8(11)9(12-2)10(7)13-6/h3-5,11H,1-2H3. The molecule has 2 rings (SSSR count). The molecule has 0 spiro atoms. The number of thiophene rings is 1. The first-order valence-electron chi connectivity index (χ1n) is 3.98. The Morgan fingerprint density at radius 1 is 1.38 bits per heavy atom. The van der Waals surface area contributed by atoms with Crippen LogP contribution in [-0.4, -0.2) is 12.2 Å². The zero-order valence-corrected chi connectivity index (χ0v) is 8.31. The van der Waals surface area contributed by atoms with Crippen molar-refractivity contribution in [1.82, 2.24) is 0 Å². The van der Waals surface area contributed by atoms with E-state index >= 15 is 0 Å². The maximum absolute atomic E-state index is 9.50. The molecule has 0 aliphatic heterocycles. The van der Waals surface area contributed by atoms with E-state index in [1.165, 1.54) is 4.88 Å². The van der Waals surface area contributed by atoms with Crippen molar-refractivity contribution in [1.29, 1.82) is 0 Å². The van der Waals surface area contributed by atoms with Crippen molar-refractivity contribution in [2.45, 2.75) is 6.92 Å². The van der Waals surface area contributed by atoms with E-state index in [0.717, 1.165) is 10.1 Å². The lowest BCUT2D eigenvalue weighted by atomic mass is 10.2. The highest BCUT2D eigenvalue weighted by molar-refractivity contribution is 7.19. The maximum Gasteiger partial charge on any atom is 0.178 e. The SMILES string of the molecule is COc1c(O)ccc2cc(C)sc12. The number of benzene rings is 1. The number of hydrogen-bond donors (Lipinski definition) is 1. The van der Waals surface area contributed by atoms with Gasteiger partial charge in [-0.05, 0) is 30.5 Å². The van der Waals surface area contributed by atoms with E-state index in [9.17, 15) is 5.11 Å². The Morgan fingerprint density at radius 3 is 2.85 bits per heavy atom. The van der Waals surface area contributed by atoms with Gasteiger partial charge in [0.15, 0.2) is 11.5 Å². The third-order valence-corrected chi connectivity index (χ3v) is 3.01. The molecule has 0 bridgehead atoms. The molecule has 0 radical (unpaired) electrons. The van der Waals surface area contributed by atoms with Crippen molar-refractivity contribution in [3.63, 3.8) is 0 Å². The number of methoxy groups -OCH3 is 1. The molecule has 1 heterocycles. The zero-order valence-electron chi connectivity index (χ0n) is 7.50. The van der Waals surface area contributed by atoms with Crippen LogP contribution < -0.4 is 4.74 Å². The van der Waals surface area contributed by atoms with Crippen LogP contribution in [0.3, 0.4) is 0 Å². The number of hydrogen-bond acceptors (Lipinski definition) is 3. The van der Waals surface area contributed by atoms with Crippen LogP contribution in [0.1, 0.15) is 4.88 Å². The van der Waals surface area contributed by atoms with Gasteiger partial charge >= 0.3 is 0 Å². The number of aromatic hydroxyl groups is 1. The summed E-state index contributed by atoms with van der Waals surface area (Å²) in [6.07, 6.45) is 0. The van der Waals surface area contributed by atoms with Crippen LogP contribution in [0, 0.1) is 6.92 Å². The van der Waals surface area contributed by atoms with Gasteiger partial charge in [-0.2, -0.15) is 0 Å². The summed E-state index contributed by atoms with van der Waals surface area (Å²) in [6, 6.07) is 5.64. The van der Waals surface area contributed by atoms with E-state index in [1.54, 1.807) is 24.5 Å². The van der Waals surface area contributed by atoms with Gasteiger partial charge < -0.3 is 9.84 Å². The van der Waals surface area contributed by atoms with Crippen LogP contribution in [0.2, 0.25) is 0 Å². The average Bonchev–Trinajstić information content (AvgIpc) is 2.45. The summed E-state index contributed by atoms with van der Waals surface area (Å²) < 4.78 is 6.15. The van der Waals surface area contributed by atoms with E-state index in [-0.39, 0.29) is 5.75 Å². The summed E-state index contributed by atoms with van der Waals surface area (Å²) in [7, 11) is 1.57. The number of fused-ring (bicyclic) bond motifs is 1. The minimum absolute atomic E-state index is 0.205. The number of phenolic OH excluding ortho intramolecular Hbond substituents is 1. The summed E-state index contributed by atoms with van der Waals surface area (Å²) in [5.41, 5.74) is 0. The van der Waals surface area contributed by atoms with E-state index in [1.807, 2.05) is 13.0 Å². The Morgan fingerprint density at radius 2 is 2.15 bits per heavy atom. The molecule has 0 saturated heterocycles. The number of rotatable bonds is 1. The highest BCUT2D eigenvalue weighted by Crippen LogP contribution is 2.39. The molecular weight excluding hydrogens is 184 g/mol. The van der Waals surface area contributed by atoms with Crippen molar-refractivity contribution >= 4 is 21.4 Å². The predicted octanol–water partition coefficient (Wildman–Crippen LogP) is 2.92. The first-order valence-corrected chi connectivity index (χ1v) is 4.80. The van der Waals surface area contributed by atoms with Gasteiger partial charge in [0, 0.05) is 4.88 Å². The first-order chi connectivity index (χ1) is 6.22. The van der Waals surface area contributed by atoms with Gasteiger partial charge in [0.05, 0.1) is 11.8 Å². The van der Waals surface area contributed by atoms with Gasteiger partial charge in [-0.3, -0.25) is 0 Å². The molecular formula is C10H10O2S. The minimum atomic E-state index is 0.205. The normalized spacial score (nSPS) is 10.6. The van der Waals surface area contributed by atoms with E-state index in [4.69, 9.17) is 4.74 Å². The van der Waals surface area contributed by atoms with Gasteiger partial charge in [-0.1, -0.05) is 0 Å². The van der Waals surface area contributed by atoms with Gasteiger partial charge in [-0.15, -0.1) is 11.3 Å².